The molecule has 0 saturated heterocycles. The van der Waals surface area contributed by atoms with Crippen LogP contribution in [0.15, 0.2) is 35.8 Å². The third kappa shape index (κ3) is 2.61. The van der Waals surface area contributed by atoms with E-state index in [1.54, 1.807) is 11.3 Å². The van der Waals surface area contributed by atoms with Crippen molar-refractivity contribution in [3.63, 3.8) is 0 Å². The highest BCUT2D eigenvalue weighted by molar-refractivity contribution is 7.09. The summed E-state index contributed by atoms with van der Waals surface area (Å²) in [5.74, 6) is 0. The van der Waals surface area contributed by atoms with Crippen LogP contribution in [0.4, 0.5) is 0 Å². The van der Waals surface area contributed by atoms with Crippen LogP contribution in [0.25, 0.3) is 10.9 Å². The number of thiazole rings is 1. The lowest BCUT2D eigenvalue weighted by atomic mass is 10.1. The van der Waals surface area contributed by atoms with Gasteiger partial charge in [-0.3, -0.25) is 0 Å². The molecule has 0 fully saturated rings. The lowest BCUT2D eigenvalue weighted by Gasteiger charge is -2.15. The highest BCUT2D eigenvalue weighted by Crippen LogP contribution is 2.25. The molecule has 0 aliphatic heterocycles. The van der Waals surface area contributed by atoms with E-state index in [4.69, 9.17) is 0 Å². The van der Waals surface area contributed by atoms with Crippen molar-refractivity contribution in [1.82, 2.24) is 14.9 Å². The molecule has 4 heteroatoms. The summed E-state index contributed by atoms with van der Waals surface area (Å²) < 4.78 is 2.30. The number of para-hydroxylation sites is 1. The molecular weight excluding hydrogens is 278 g/mol. The molecule has 2 heterocycles. The van der Waals surface area contributed by atoms with Crippen LogP contribution in [0.3, 0.4) is 0 Å². The van der Waals surface area contributed by atoms with Crippen LogP contribution in [0.5, 0.6) is 0 Å². The number of aromatic nitrogens is 2. The molecule has 0 aliphatic rings. The molecule has 1 aromatic carbocycles. The topological polar surface area (TPSA) is 29.9 Å². The van der Waals surface area contributed by atoms with Crippen molar-refractivity contribution in [1.29, 1.82) is 0 Å². The molecule has 3 nitrogen and oxygen atoms in total. The van der Waals surface area contributed by atoms with E-state index in [0.29, 0.717) is 6.04 Å². The largest absolute Gasteiger partial charge is 0.346 e. The minimum absolute atomic E-state index is 0.336. The Morgan fingerprint density at radius 1 is 1.33 bits per heavy atom. The first-order valence-electron chi connectivity index (χ1n) is 7.38. The molecule has 1 N–H and O–H groups in total. The molecule has 110 valence electrons. The summed E-state index contributed by atoms with van der Waals surface area (Å²) in [7, 11) is 2.15. The van der Waals surface area contributed by atoms with Crippen LogP contribution in [-0.4, -0.2) is 9.55 Å². The van der Waals surface area contributed by atoms with E-state index in [2.05, 4.69) is 60.0 Å². The van der Waals surface area contributed by atoms with Crippen molar-refractivity contribution in [2.45, 2.75) is 32.9 Å². The predicted molar refractivity (Wildman–Crippen MR) is 89.6 cm³/mol. The van der Waals surface area contributed by atoms with E-state index >= 15 is 0 Å². The summed E-state index contributed by atoms with van der Waals surface area (Å²) in [6, 6.07) is 8.93. The zero-order valence-corrected chi connectivity index (χ0v) is 13.6. The van der Waals surface area contributed by atoms with Gasteiger partial charge in [-0.2, -0.15) is 0 Å². The van der Waals surface area contributed by atoms with Crippen molar-refractivity contribution in [3.05, 3.63) is 52.1 Å². The van der Waals surface area contributed by atoms with Crippen molar-refractivity contribution in [2.24, 2.45) is 7.05 Å². The second kappa shape index (κ2) is 6.00. The Morgan fingerprint density at radius 3 is 2.81 bits per heavy atom. The summed E-state index contributed by atoms with van der Waals surface area (Å²) in [6.45, 7) is 5.28. The predicted octanol–water partition coefficient (Wildman–Crippen LogP) is 4.18. The van der Waals surface area contributed by atoms with E-state index < -0.39 is 0 Å². The van der Waals surface area contributed by atoms with Gasteiger partial charge in [0.05, 0.1) is 6.04 Å². The molecule has 3 aromatic rings. The fraction of sp³-hybridized carbons (Fsp3) is 0.353. The van der Waals surface area contributed by atoms with Crippen LogP contribution < -0.4 is 5.32 Å². The number of nitrogens with one attached hydrogen (secondary N) is 1. The monoisotopic (exact) mass is 299 g/mol. The number of rotatable bonds is 5. The number of nitrogens with zero attached hydrogens (tertiary/aromatic N) is 2. The molecule has 2 aromatic heterocycles. The Morgan fingerprint density at radius 2 is 2.14 bits per heavy atom. The van der Waals surface area contributed by atoms with E-state index in [9.17, 15) is 0 Å². The van der Waals surface area contributed by atoms with Gasteiger partial charge < -0.3 is 9.88 Å². The summed E-state index contributed by atoms with van der Waals surface area (Å²) in [5.41, 5.74) is 4.02. The minimum atomic E-state index is 0.336. The van der Waals surface area contributed by atoms with Crippen molar-refractivity contribution >= 4 is 22.2 Å². The van der Waals surface area contributed by atoms with Gasteiger partial charge in [0.25, 0.3) is 0 Å². The normalized spacial score (nSPS) is 12.9. The van der Waals surface area contributed by atoms with Crippen molar-refractivity contribution in [2.75, 3.05) is 0 Å². The molecule has 1 atom stereocenters. The van der Waals surface area contributed by atoms with E-state index in [0.717, 1.165) is 13.0 Å². The molecule has 0 bridgehead atoms. The Bertz CT molecular complexity index is 689. The first-order chi connectivity index (χ1) is 10.2. The van der Waals surface area contributed by atoms with Crippen LogP contribution in [-0.2, 0) is 13.6 Å². The SMILES string of the molecule is CCC(NCc1c(C)c2ccccc2n1C)c1nccs1. The maximum atomic E-state index is 4.44. The Hall–Kier alpha value is -1.65. The first-order valence-corrected chi connectivity index (χ1v) is 8.26. The van der Waals surface area contributed by atoms with Gasteiger partial charge in [-0.1, -0.05) is 25.1 Å². The molecule has 1 unspecified atom stereocenters. The number of aryl methyl sites for hydroxylation is 2. The van der Waals surface area contributed by atoms with Gasteiger partial charge in [0, 0.05) is 41.8 Å². The van der Waals surface area contributed by atoms with Crippen LogP contribution in [0.2, 0.25) is 0 Å². The molecule has 0 spiro atoms. The fourth-order valence-electron chi connectivity index (χ4n) is 2.92. The zero-order valence-electron chi connectivity index (χ0n) is 12.8. The van der Waals surface area contributed by atoms with Gasteiger partial charge in [0.1, 0.15) is 5.01 Å². The van der Waals surface area contributed by atoms with E-state index in [1.807, 2.05) is 11.6 Å². The summed E-state index contributed by atoms with van der Waals surface area (Å²) in [6.07, 6.45) is 2.93. The average Bonchev–Trinajstić information content (AvgIpc) is 3.11. The Balaban J connectivity index is 1.85. The van der Waals surface area contributed by atoms with Gasteiger partial charge >= 0.3 is 0 Å². The van der Waals surface area contributed by atoms with Crippen LogP contribution in [0.1, 0.15) is 35.7 Å². The Labute approximate surface area is 129 Å². The second-order valence-electron chi connectivity index (χ2n) is 5.36. The third-order valence-corrected chi connectivity index (χ3v) is 5.07. The van der Waals surface area contributed by atoms with Gasteiger partial charge in [-0.15, -0.1) is 11.3 Å². The molecule has 0 saturated carbocycles. The summed E-state index contributed by atoms with van der Waals surface area (Å²) >= 11 is 1.72. The smallest absolute Gasteiger partial charge is 0.109 e. The maximum absolute atomic E-state index is 4.44. The molecular formula is C17H21N3S. The van der Waals surface area contributed by atoms with Crippen molar-refractivity contribution in [3.8, 4) is 0 Å². The molecule has 0 radical (unpaired) electrons. The number of hydrogen-bond donors (Lipinski definition) is 1. The molecule has 0 aliphatic carbocycles. The standard InChI is InChI=1S/C17H21N3S/c1-4-14(17-18-9-10-21-17)19-11-16-12(2)13-7-5-6-8-15(13)20(16)3/h5-10,14,19H,4,11H2,1-3H3. The first kappa shape index (κ1) is 14.3. The number of fused-ring (bicyclic) bond motifs is 1. The molecule has 0 amide bonds. The van der Waals surface area contributed by atoms with Gasteiger partial charge in [-0.25, -0.2) is 4.98 Å². The van der Waals surface area contributed by atoms with Gasteiger partial charge in [0.15, 0.2) is 0 Å². The zero-order chi connectivity index (χ0) is 14.8. The van der Waals surface area contributed by atoms with Crippen LogP contribution >= 0.6 is 11.3 Å². The molecule has 3 rings (SSSR count). The fourth-order valence-corrected chi connectivity index (χ4v) is 3.72. The highest BCUT2D eigenvalue weighted by atomic mass is 32.1. The quantitative estimate of drug-likeness (QED) is 0.766. The average molecular weight is 299 g/mol. The lowest BCUT2D eigenvalue weighted by molar-refractivity contribution is 0.506. The lowest BCUT2D eigenvalue weighted by Crippen LogP contribution is -2.21. The number of hydrogen-bond acceptors (Lipinski definition) is 3. The third-order valence-electron chi connectivity index (χ3n) is 4.18. The second-order valence-corrected chi connectivity index (χ2v) is 6.29. The minimum Gasteiger partial charge on any atom is -0.346 e. The van der Waals surface area contributed by atoms with Gasteiger partial charge in [-0.05, 0) is 25.0 Å². The maximum Gasteiger partial charge on any atom is 0.109 e. The van der Waals surface area contributed by atoms with E-state index in [-0.39, 0.29) is 0 Å². The van der Waals surface area contributed by atoms with Crippen molar-refractivity contribution < 1.29 is 0 Å². The highest BCUT2D eigenvalue weighted by Gasteiger charge is 2.15. The van der Waals surface area contributed by atoms with Gasteiger partial charge in [0.2, 0.25) is 0 Å². The van der Waals surface area contributed by atoms with E-state index in [1.165, 1.54) is 27.2 Å². The van der Waals surface area contributed by atoms with Crippen LogP contribution in [0, 0.1) is 6.92 Å². The summed E-state index contributed by atoms with van der Waals surface area (Å²) in [5, 5.41) is 8.22. The summed E-state index contributed by atoms with van der Waals surface area (Å²) in [4.78, 5) is 4.44. The number of benzene rings is 1. The Kier molecular flexibility index (Phi) is 4.08. The molecule has 21 heavy (non-hydrogen) atoms.